The predicted octanol–water partition coefficient (Wildman–Crippen LogP) is 3.25. The van der Waals surface area contributed by atoms with Crippen LogP contribution in [0.1, 0.15) is 64.2 Å². The van der Waals surface area contributed by atoms with Gasteiger partial charge in [0.15, 0.2) is 0 Å². The predicted molar refractivity (Wildman–Crippen MR) is 99.7 cm³/mol. The Balaban J connectivity index is 1.14. The fourth-order valence-corrected chi connectivity index (χ4v) is 7.45. The smallest absolute Gasteiger partial charge is 0.223 e. The number of hydrogen-bond acceptors (Lipinski definition) is 5. The van der Waals surface area contributed by atoms with Gasteiger partial charge in [0, 0.05) is 44.2 Å². The number of amides is 1. The topological polar surface area (TPSA) is 57.2 Å². The first-order chi connectivity index (χ1) is 13.6. The molecule has 2 heterocycles. The van der Waals surface area contributed by atoms with Gasteiger partial charge in [-0.15, -0.1) is 0 Å². The third-order valence-corrected chi connectivity index (χ3v) is 8.54. The molecule has 7 rings (SSSR count). The molecule has 0 aromatic rings. The second kappa shape index (κ2) is 6.66. The van der Waals surface area contributed by atoms with Crippen LogP contribution >= 0.6 is 0 Å². The highest BCUT2D eigenvalue weighted by molar-refractivity contribution is 5.76. The molecular weight excluding hydrogens is 358 g/mol. The largest absolute Gasteiger partial charge is 0.378 e. The lowest BCUT2D eigenvalue weighted by molar-refractivity contribution is -0.390. The molecule has 2 aliphatic heterocycles. The zero-order valence-electron chi connectivity index (χ0n) is 16.8. The molecule has 7 fully saturated rings. The molecule has 5 saturated carbocycles. The summed E-state index contributed by atoms with van der Waals surface area (Å²) in [5.74, 6) is 2.21. The molecular formula is C22H33NO5. The molecule has 0 radical (unpaired) electrons. The van der Waals surface area contributed by atoms with Crippen LogP contribution in [0.25, 0.3) is 0 Å². The van der Waals surface area contributed by atoms with Crippen molar-refractivity contribution in [2.75, 3.05) is 26.3 Å². The second-order valence-electron chi connectivity index (χ2n) is 10.4. The first-order valence-electron chi connectivity index (χ1n) is 11.6. The van der Waals surface area contributed by atoms with Crippen LogP contribution in [-0.4, -0.2) is 48.7 Å². The molecule has 156 valence electrons. The summed E-state index contributed by atoms with van der Waals surface area (Å²) in [6, 6.07) is 0. The lowest BCUT2D eigenvalue weighted by Gasteiger charge is -2.57. The summed E-state index contributed by atoms with van der Waals surface area (Å²) in [4.78, 5) is 26.9. The van der Waals surface area contributed by atoms with Crippen molar-refractivity contribution in [3.63, 3.8) is 0 Å². The zero-order chi connectivity index (χ0) is 18.8. The second-order valence-corrected chi connectivity index (χ2v) is 10.4. The fourth-order valence-electron chi connectivity index (χ4n) is 7.45. The van der Waals surface area contributed by atoms with E-state index in [1.165, 1.54) is 32.1 Å². The Hall–Kier alpha value is -0.690. The molecule has 28 heavy (non-hydrogen) atoms. The molecule has 6 nitrogen and oxygen atoms in total. The monoisotopic (exact) mass is 391 g/mol. The van der Waals surface area contributed by atoms with Crippen molar-refractivity contribution in [1.29, 1.82) is 0 Å². The minimum absolute atomic E-state index is 0.258. The molecule has 7 aliphatic rings. The molecule has 2 atom stereocenters. The molecule has 6 heteroatoms. The van der Waals surface area contributed by atoms with Crippen LogP contribution < -0.4 is 0 Å². The van der Waals surface area contributed by atoms with Crippen LogP contribution in [0.2, 0.25) is 0 Å². The van der Waals surface area contributed by atoms with Crippen molar-refractivity contribution in [1.82, 2.24) is 4.90 Å². The van der Waals surface area contributed by atoms with Gasteiger partial charge >= 0.3 is 0 Å². The summed E-state index contributed by atoms with van der Waals surface area (Å²) in [6.45, 7) is 2.77. The van der Waals surface area contributed by atoms with Crippen molar-refractivity contribution < 1.29 is 24.0 Å². The Bertz CT molecular complexity index is 604. The van der Waals surface area contributed by atoms with Gasteiger partial charge in [-0.05, 0) is 62.7 Å². The number of ether oxygens (including phenoxy) is 2. The van der Waals surface area contributed by atoms with Crippen LogP contribution in [0.4, 0.5) is 0 Å². The lowest BCUT2D eigenvalue weighted by Crippen LogP contribution is -2.59. The van der Waals surface area contributed by atoms with Gasteiger partial charge in [0.1, 0.15) is 0 Å². The SMILES string of the molecule is O=C(CC1CCCC2(C1)OOC1(O2)C2CC3CC(C2)CC1C3)N1CCOCC1. The highest BCUT2D eigenvalue weighted by Crippen LogP contribution is 2.64. The standard InChI is InChI=1S/C22H33NO5/c24-20(23-4-6-25-7-5-23)13-15-2-1-3-21(14-15)26-22(28-27-21)18-9-16-8-17(11-18)12-19(22)10-16/h15-19H,1-14H2. The van der Waals surface area contributed by atoms with Crippen LogP contribution in [0.5, 0.6) is 0 Å². The molecule has 0 N–H and O–H groups in total. The van der Waals surface area contributed by atoms with Gasteiger partial charge in [-0.25, -0.2) is 0 Å². The van der Waals surface area contributed by atoms with Gasteiger partial charge in [0.25, 0.3) is 0 Å². The maximum absolute atomic E-state index is 12.7. The van der Waals surface area contributed by atoms with Gasteiger partial charge in [-0.1, -0.05) is 0 Å². The summed E-state index contributed by atoms with van der Waals surface area (Å²) >= 11 is 0. The number of nitrogens with zero attached hydrogens (tertiary/aromatic N) is 1. The van der Waals surface area contributed by atoms with Crippen LogP contribution in [0, 0.1) is 29.6 Å². The number of rotatable bonds is 2. The number of morpholine rings is 1. The molecule has 0 aromatic heterocycles. The average molecular weight is 392 g/mol. The van der Waals surface area contributed by atoms with E-state index < -0.39 is 11.6 Å². The summed E-state index contributed by atoms with van der Waals surface area (Å²) in [6.07, 6.45) is 10.8. The molecule has 2 unspecified atom stereocenters. The molecule has 1 amide bonds. The third-order valence-electron chi connectivity index (χ3n) is 8.54. The van der Waals surface area contributed by atoms with Crippen LogP contribution in [0.3, 0.4) is 0 Å². The van der Waals surface area contributed by atoms with Gasteiger partial charge in [-0.3, -0.25) is 4.79 Å². The number of carbonyl (C=O) groups excluding carboxylic acids is 1. The average Bonchev–Trinajstić information content (AvgIpc) is 3.06. The number of hydrogen-bond donors (Lipinski definition) is 0. The highest BCUT2D eigenvalue weighted by atomic mass is 17.3. The van der Waals surface area contributed by atoms with Gasteiger partial charge in [0.2, 0.25) is 17.5 Å². The van der Waals surface area contributed by atoms with E-state index in [9.17, 15) is 4.79 Å². The lowest BCUT2D eigenvalue weighted by atomic mass is 9.53. The summed E-state index contributed by atoms with van der Waals surface area (Å²) in [5, 5.41) is 0. The van der Waals surface area contributed by atoms with Crippen molar-refractivity contribution in [2.45, 2.75) is 75.8 Å². The highest BCUT2D eigenvalue weighted by Gasteiger charge is 2.67. The summed E-state index contributed by atoms with van der Waals surface area (Å²) in [7, 11) is 0. The summed E-state index contributed by atoms with van der Waals surface area (Å²) < 4.78 is 12.2. The minimum Gasteiger partial charge on any atom is -0.378 e. The van der Waals surface area contributed by atoms with Gasteiger partial charge in [0.05, 0.1) is 13.2 Å². The Morgan fingerprint density at radius 3 is 2.39 bits per heavy atom. The number of carbonyl (C=O) groups is 1. The van der Waals surface area contributed by atoms with E-state index in [1.54, 1.807) is 0 Å². The quantitative estimate of drug-likeness (QED) is 0.677. The van der Waals surface area contributed by atoms with Crippen molar-refractivity contribution in [3.8, 4) is 0 Å². The Kier molecular flexibility index (Phi) is 4.31. The summed E-state index contributed by atoms with van der Waals surface area (Å²) in [5.41, 5.74) is 0. The van der Waals surface area contributed by atoms with E-state index in [-0.39, 0.29) is 5.91 Å². The minimum atomic E-state index is -0.621. The molecule has 2 spiro atoms. The van der Waals surface area contributed by atoms with E-state index in [4.69, 9.17) is 19.2 Å². The van der Waals surface area contributed by atoms with Crippen molar-refractivity contribution in [2.24, 2.45) is 29.6 Å². The Morgan fingerprint density at radius 2 is 1.68 bits per heavy atom. The molecule has 0 aromatic carbocycles. The maximum Gasteiger partial charge on any atom is 0.223 e. The van der Waals surface area contributed by atoms with Crippen LogP contribution in [0.15, 0.2) is 0 Å². The molecule has 4 bridgehead atoms. The van der Waals surface area contributed by atoms with Crippen LogP contribution in [-0.2, 0) is 24.0 Å². The van der Waals surface area contributed by atoms with E-state index >= 15 is 0 Å². The van der Waals surface area contributed by atoms with Gasteiger partial charge in [-0.2, -0.15) is 9.78 Å². The van der Waals surface area contributed by atoms with E-state index in [0.29, 0.717) is 37.4 Å². The van der Waals surface area contributed by atoms with E-state index in [1.807, 2.05) is 4.90 Å². The van der Waals surface area contributed by atoms with E-state index in [2.05, 4.69) is 0 Å². The maximum atomic E-state index is 12.7. The fraction of sp³-hybridized carbons (Fsp3) is 0.955. The van der Waals surface area contributed by atoms with Crippen molar-refractivity contribution >= 4 is 5.91 Å². The first-order valence-corrected chi connectivity index (χ1v) is 11.6. The third kappa shape index (κ3) is 2.86. The Labute approximate surface area is 167 Å². The first kappa shape index (κ1) is 18.1. The normalized spacial score (nSPS) is 50.0. The van der Waals surface area contributed by atoms with E-state index in [0.717, 1.165) is 50.6 Å². The zero-order valence-corrected chi connectivity index (χ0v) is 16.8. The molecule has 2 saturated heterocycles. The Morgan fingerprint density at radius 1 is 0.964 bits per heavy atom. The van der Waals surface area contributed by atoms with Gasteiger partial charge < -0.3 is 14.4 Å². The van der Waals surface area contributed by atoms with Crippen molar-refractivity contribution in [3.05, 3.63) is 0 Å². The molecule has 5 aliphatic carbocycles.